The molecule has 0 aromatic heterocycles. The summed E-state index contributed by atoms with van der Waals surface area (Å²) in [6.07, 6.45) is 6.76. The third-order valence-corrected chi connectivity index (χ3v) is 3.96. The Hall–Kier alpha value is -0.570. The Balaban J connectivity index is 2.21. The van der Waals surface area contributed by atoms with E-state index in [1.165, 1.54) is 25.7 Å². The maximum Gasteiger partial charge on any atom is 0.236 e. The van der Waals surface area contributed by atoms with Gasteiger partial charge in [0, 0.05) is 6.54 Å². The first-order valence-electron chi connectivity index (χ1n) is 6.98. The Bertz CT molecular complexity index is 241. The lowest BCUT2D eigenvalue weighted by Crippen LogP contribution is -2.43. The van der Waals surface area contributed by atoms with Gasteiger partial charge in [-0.25, -0.2) is 0 Å². The molecule has 0 heterocycles. The zero-order valence-corrected chi connectivity index (χ0v) is 11.6. The summed E-state index contributed by atoms with van der Waals surface area (Å²) in [6.45, 7) is 7.53. The molecule has 1 aliphatic rings. The highest BCUT2D eigenvalue weighted by Crippen LogP contribution is 2.37. The summed E-state index contributed by atoms with van der Waals surface area (Å²) in [4.78, 5) is 11.7. The van der Waals surface area contributed by atoms with Gasteiger partial charge in [0.2, 0.25) is 5.91 Å². The minimum Gasteiger partial charge on any atom is -0.354 e. The van der Waals surface area contributed by atoms with Gasteiger partial charge in [0.05, 0.1) is 6.04 Å². The van der Waals surface area contributed by atoms with Gasteiger partial charge in [-0.2, -0.15) is 0 Å². The number of rotatable bonds is 5. The lowest BCUT2D eigenvalue weighted by molar-refractivity contribution is -0.122. The van der Waals surface area contributed by atoms with Gasteiger partial charge in [-0.1, -0.05) is 27.2 Å². The van der Waals surface area contributed by atoms with Crippen LogP contribution in [0.2, 0.25) is 0 Å². The van der Waals surface area contributed by atoms with Crippen LogP contribution in [0.25, 0.3) is 0 Å². The van der Waals surface area contributed by atoms with Crippen LogP contribution in [-0.4, -0.2) is 18.5 Å². The van der Waals surface area contributed by atoms with Crippen LogP contribution in [0.1, 0.15) is 59.3 Å². The Morgan fingerprint density at radius 1 is 1.41 bits per heavy atom. The fraction of sp³-hybridized carbons (Fsp3) is 0.929. The second kappa shape index (κ2) is 6.39. The lowest BCUT2D eigenvalue weighted by Gasteiger charge is -2.34. The van der Waals surface area contributed by atoms with Gasteiger partial charge in [0.25, 0.3) is 0 Å². The van der Waals surface area contributed by atoms with Crippen LogP contribution in [0, 0.1) is 11.3 Å². The van der Waals surface area contributed by atoms with Crippen molar-refractivity contribution in [1.29, 1.82) is 0 Å². The smallest absolute Gasteiger partial charge is 0.236 e. The molecule has 1 atom stereocenters. The summed E-state index contributed by atoms with van der Waals surface area (Å²) in [5.74, 6) is 0.678. The van der Waals surface area contributed by atoms with Crippen molar-refractivity contribution in [2.45, 2.75) is 65.3 Å². The highest BCUT2D eigenvalue weighted by molar-refractivity contribution is 5.81. The van der Waals surface area contributed by atoms with E-state index in [1.807, 2.05) is 0 Å². The highest BCUT2D eigenvalue weighted by atomic mass is 16.2. The standard InChI is InChI=1S/C14H28N2O/c1-4-5-12(15)13(17)16-10-11-6-8-14(2,3)9-7-11/h11-12H,4-10,15H2,1-3H3,(H,16,17). The molecule has 3 N–H and O–H groups in total. The number of carbonyl (C=O) groups is 1. The van der Waals surface area contributed by atoms with Gasteiger partial charge in [-0.15, -0.1) is 0 Å². The molecule has 0 bridgehead atoms. The summed E-state index contributed by atoms with van der Waals surface area (Å²) in [5, 5.41) is 3.00. The van der Waals surface area contributed by atoms with Crippen molar-refractivity contribution < 1.29 is 4.79 Å². The molecule has 3 heteroatoms. The number of carbonyl (C=O) groups excluding carboxylic acids is 1. The minimum atomic E-state index is -0.319. The molecule has 1 unspecified atom stereocenters. The Morgan fingerprint density at radius 2 is 2.00 bits per heavy atom. The molecule has 3 nitrogen and oxygen atoms in total. The monoisotopic (exact) mass is 240 g/mol. The fourth-order valence-corrected chi connectivity index (χ4v) is 2.48. The van der Waals surface area contributed by atoms with Crippen LogP contribution in [0.3, 0.4) is 0 Å². The summed E-state index contributed by atoms with van der Waals surface area (Å²) in [6, 6.07) is -0.319. The van der Waals surface area contributed by atoms with Crippen molar-refractivity contribution in [3.05, 3.63) is 0 Å². The number of hydrogen-bond donors (Lipinski definition) is 2. The minimum absolute atomic E-state index is 0.0247. The first kappa shape index (κ1) is 14.5. The molecule has 1 aliphatic carbocycles. The first-order valence-corrected chi connectivity index (χ1v) is 6.98. The van der Waals surface area contributed by atoms with Gasteiger partial charge in [-0.3, -0.25) is 4.79 Å². The van der Waals surface area contributed by atoms with Gasteiger partial charge < -0.3 is 11.1 Å². The first-order chi connectivity index (χ1) is 7.94. The fourth-order valence-electron chi connectivity index (χ4n) is 2.48. The molecular formula is C14H28N2O. The van der Waals surface area contributed by atoms with Gasteiger partial charge in [0.15, 0.2) is 0 Å². The van der Waals surface area contributed by atoms with Gasteiger partial charge >= 0.3 is 0 Å². The molecule has 1 amide bonds. The molecule has 1 saturated carbocycles. The quantitative estimate of drug-likeness (QED) is 0.775. The topological polar surface area (TPSA) is 55.1 Å². The summed E-state index contributed by atoms with van der Waals surface area (Å²) in [5.41, 5.74) is 6.27. The highest BCUT2D eigenvalue weighted by Gasteiger charge is 2.27. The number of amides is 1. The van der Waals surface area contributed by atoms with Crippen LogP contribution < -0.4 is 11.1 Å². The molecular weight excluding hydrogens is 212 g/mol. The zero-order valence-electron chi connectivity index (χ0n) is 11.6. The predicted molar refractivity (Wildman–Crippen MR) is 71.6 cm³/mol. The average Bonchev–Trinajstić information content (AvgIpc) is 2.27. The molecule has 0 spiro atoms. The van der Waals surface area contributed by atoms with Crippen molar-refractivity contribution in [2.75, 3.05) is 6.54 Å². The number of nitrogens with two attached hydrogens (primary N) is 1. The molecule has 0 radical (unpaired) electrons. The predicted octanol–water partition coefficient (Wildman–Crippen LogP) is 2.45. The summed E-state index contributed by atoms with van der Waals surface area (Å²) in [7, 11) is 0. The second-order valence-electron chi connectivity index (χ2n) is 6.25. The van der Waals surface area contributed by atoms with E-state index in [9.17, 15) is 4.79 Å². The van der Waals surface area contributed by atoms with Crippen LogP contribution in [0.15, 0.2) is 0 Å². The Kier molecular flexibility index (Phi) is 5.44. The summed E-state index contributed by atoms with van der Waals surface area (Å²) < 4.78 is 0. The Labute approximate surface area is 106 Å². The molecule has 1 rings (SSSR count). The van der Waals surface area contributed by atoms with E-state index >= 15 is 0 Å². The van der Waals surface area contributed by atoms with Gasteiger partial charge in [0.1, 0.15) is 0 Å². The molecule has 0 aromatic rings. The normalized spacial score (nSPS) is 22.1. The maximum absolute atomic E-state index is 11.7. The number of hydrogen-bond acceptors (Lipinski definition) is 2. The van der Waals surface area contributed by atoms with E-state index in [4.69, 9.17) is 5.73 Å². The second-order valence-corrected chi connectivity index (χ2v) is 6.25. The number of nitrogens with one attached hydrogen (secondary N) is 1. The average molecular weight is 240 g/mol. The van der Waals surface area contributed by atoms with Crippen LogP contribution in [0.5, 0.6) is 0 Å². The zero-order chi connectivity index (χ0) is 12.9. The lowest BCUT2D eigenvalue weighted by atomic mass is 9.73. The van der Waals surface area contributed by atoms with E-state index in [0.29, 0.717) is 11.3 Å². The van der Waals surface area contributed by atoms with E-state index < -0.39 is 0 Å². The molecule has 0 aromatic carbocycles. The molecule has 0 aliphatic heterocycles. The summed E-state index contributed by atoms with van der Waals surface area (Å²) >= 11 is 0. The SMILES string of the molecule is CCCC(N)C(=O)NCC1CCC(C)(C)CC1. The van der Waals surface area contributed by atoms with Crippen molar-refractivity contribution in [3.63, 3.8) is 0 Å². The van der Waals surface area contributed by atoms with Crippen molar-refractivity contribution >= 4 is 5.91 Å². The van der Waals surface area contributed by atoms with Crippen LogP contribution in [-0.2, 0) is 4.79 Å². The van der Waals surface area contributed by atoms with Crippen molar-refractivity contribution in [1.82, 2.24) is 5.32 Å². The van der Waals surface area contributed by atoms with Gasteiger partial charge in [-0.05, 0) is 43.4 Å². The van der Waals surface area contributed by atoms with E-state index in [-0.39, 0.29) is 11.9 Å². The third kappa shape index (κ3) is 5.07. The van der Waals surface area contributed by atoms with E-state index in [0.717, 1.165) is 19.4 Å². The van der Waals surface area contributed by atoms with Crippen LogP contribution in [0.4, 0.5) is 0 Å². The molecule has 17 heavy (non-hydrogen) atoms. The Morgan fingerprint density at radius 3 is 2.53 bits per heavy atom. The van der Waals surface area contributed by atoms with E-state index in [1.54, 1.807) is 0 Å². The van der Waals surface area contributed by atoms with E-state index in [2.05, 4.69) is 26.1 Å². The van der Waals surface area contributed by atoms with Crippen molar-refractivity contribution in [2.24, 2.45) is 17.1 Å². The molecule has 1 fully saturated rings. The largest absolute Gasteiger partial charge is 0.354 e. The molecule has 100 valence electrons. The third-order valence-electron chi connectivity index (χ3n) is 3.96. The van der Waals surface area contributed by atoms with Crippen LogP contribution >= 0.6 is 0 Å². The van der Waals surface area contributed by atoms with Crippen molar-refractivity contribution in [3.8, 4) is 0 Å². The molecule has 0 saturated heterocycles. The maximum atomic E-state index is 11.7.